The molecule has 1 heterocycles. The van der Waals surface area contributed by atoms with Gasteiger partial charge in [0.25, 0.3) is 5.91 Å². The molecule has 88 valence electrons. The van der Waals surface area contributed by atoms with Crippen LogP contribution in [0.15, 0.2) is 36.7 Å². The van der Waals surface area contributed by atoms with E-state index in [0.717, 1.165) is 5.56 Å². The number of halogens is 1. The number of aromatic amines is 1. The first-order valence-electron chi connectivity index (χ1n) is 5.33. The van der Waals surface area contributed by atoms with Crippen LogP contribution in [0.5, 0.6) is 0 Å². The van der Waals surface area contributed by atoms with Crippen LogP contribution in [0.2, 0.25) is 0 Å². The second-order valence-corrected chi connectivity index (χ2v) is 3.87. The maximum absolute atomic E-state index is 13.3. The van der Waals surface area contributed by atoms with Crippen LogP contribution in [-0.4, -0.2) is 10.9 Å². The lowest BCUT2D eigenvalue weighted by Crippen LogP contribution is -2.22. The van der Waals surface area contributed by atoms with E-state index < -0.39 is 0 Å². The average molecular weight is 232 g/mol. The molecule has 1 aromatic carbocycles. The van der Waals surface area contributed by atoms with Crippen molar-refractivity contribution in [3.8, 4) is 0 Å². The molecule has 0 saturated heterocycles. The molecule has 4 heteroatoms. The zero-order chi connectivity index (χ0) is 12.3. The number of benzene rings is 1. The number of carbonyl (C=O) groups is 1. The maximum Gasteiger partial charge on any atom is 0.251 e. The molecule has 0 aliphatic heterocycles. The molecule has 0 radical (unpaired) electrons. The summed E-state index contributed by atoms with van der Waals surface area (Å²) in [5.41, 5.74) is 1.85. The van der Waals surface area contributed by atoms with E-state index in [4.69, 9.17) is 0 Å². The van der Waals surface area contributed by atoms with Crippen molar-refractivity contribution in [1.82, 2.24) is 10.3 Å². The molecular weight excluding hydrogens is 219 g/mol. The molecule has 1 aromatic heterocycles. The van der Waals surface area contributed by atoms with Crippen molar-refractivity contribution in [2.24, 2.45) is 0 Å². The van der Waals surface area contributed by atoms with Gasteiger partial charge in [0.1, 0.15) is 5.82 Å². The summed E-state index contributed by atoms with van der Waals surface area (Å²) in [6.45, 7) is 2.09. The summed E-state index contributed by atoms with van der Waals surface area (Å²) in [6, 6.07) is 6.34. The van der Waals surface area contributed by atoms with Crippen molar-refractivity contribution in [2.45, 2.75) is 13.5 Å². The van der Waals surface area contributed by atoms with Crippen LogP contribution in [0.4, 0.5) is 4.39 Å². The number of H-pyrrole nitrogens is 1. The summed E-state index contributed by atoms with van der Waals surface area (Å²) in [7, 11) is 0. The summed E-state index contributed by atoms with van der Waals surface area (Å²) in [5, 5.41) is 2.72. The minimum Gasteiger partial charge on any atom is -0.367 e. The first-order chi connectivity index (χ1) is 8.16. The van der Waals surface area contributed by atoms with Crippen LogP contribution < -0.4 is 5.32 Å². The summed E-state index contributed by atoms with van der Waals surface area (Å²) in [6.07, 6.45) is 3.59. The highest BCUT2D eigenvalue weighted by Crippen LogP contribution is 2.09. The molecule has 3 nitrogen and oxygen atoms in total. The van der Waals surface area contributed by atoms with Crippen LogP contribution in [0.1, 0.15) is 21.5 Å². The number of amides is 1. The van der Waals surface area contributed by atoms with Crippen molar-refractivity contribution in [3.05, 3.63) is 59.2 Å². The zero-order valence-electron chi connectivity index (χ0n) is 9.46. The van der Waals surface area contributed by atoms with Crippen molar-refractivity contribution < 1.29 is 9.18 Å². The van der Waals surface area contributed by atoms with Crippen LogP contribution >= 0.6 is 0 Å². The molecule has 2 aromatic rings. The van der Waals surface area contributed by atoms with Crippen molar-refractivity contribution in [2.75, 3.05) is 0 Å². The summed E-state index contributed by atoms with van der Waals surface area (Å²) in [4.78, 5) is 14.6. The largest absolute Gasteiger partial charge is 0.367 e. The first kappa shape index (κ1) is 11.4. The Kier molecular flexibility index (Phi) is 3.23. The summed E-state index contributed by atoms with van der Waals surface area (Å²) in [5.74, 6) is -0.635. The Morgan fingerprint density at radius 3 is 2.88 bits per heavy atom. The minimum absolute atomic E-state index is 0.273. The number of hydrogen-bond donors (Lipinski definition) is 2. The fourth-order valence-corrected chi connectivity index (χ4v) is 1.49. The Bertz CT molecular complexity index is 520. The SMILES string of the molecule is Cc1ccc(C(=O)NCc2cc[nH]c2)cc1F. The van der Waals surface area contributed by atoms with Gasteiger partial charge in [0, 0.05) is 24.5 Å². The predicted molar refractivity (Wildman–Crippen MR) is 63.1 cm³/mol. The van der Waals surface area contributed by atoms with E-state index >= 15 is 0 Å². The van der Waals surface area contributed by atoms with E-state index in [1.54, 1.807) is 31.5 Å². The first-order valence-corrected chi connectivity index (χ1v) is 5.33. The van der Waals surface area contributed by atoms with Crippen molar-refractivity contribution in [1.29, 1.82) is 0 Å². The highest BCUT2D eigenvalue weighted by molar-refractivity contribution is 5.94. The number of aryl methyl sites for hydroxylation is 1. The second-order valence-electron chi connectivity index (χ2n) is 3.87. The summed E-state index contributed by atoms with van der Waals surface area (Å²) < 4.78 is 13.3. The Morgan fingerprint density at radius 1 is 1.41 bits per heavy atom. The smallest absolute Gasteiger partial charge is 0.251 e. The highest BCUT2D eigenvalue weighted by atomic mass is 19.1. The van der Waals surface area contributed by atoms with E-state index in [9.17, 15) is 9.18 Å². The van der Waals surface area contributed by atoms with Crippen molar-refractivity contribution in [3.63, 3.8) is 0 Å². The molecular formula is C13H13FN2O. The lowest BCUT2D eigenvalue weighted by Gasteiger charge is -2.04. The zero-order valence-corrected chi connectivity index (χ0v) is 9.46. The monoisotopic (exact) mass is 232 g/mol. The highest BCUT2D eigenvalue weighted by Gasteiger charge is 2.07. The molecule has 0 bridgehead atoms. The Labute approximate surface area is 98.7 Å². The van der Waals surface area contributed by atoms with Crippen LogP contribution in [0.25, 0.3) is 0 Å². The predicted octanol–water partition coefficient (Wildman–Crippen LogP) is 2.39. The Balaban J connectivity index is 2.02. The van der Waals surface area contributed by atoms with Gasteiger partial charge < -0.3 is 10.3 Å². The van der Waals surface area contributed by atoms with Crippen LogP contribution in [0.3, 0.4) is 0 Å². The second kappa shape index (κ2) is 4.82. The topological polar surface area (TPSA) is 44.9 Å². The number of hydrogen-bond acceptors (Lipinski definition) is 1. The van der Waals surface area contributed by atoms with E-state index in [-0.39, 0.29) is 11.7 Å². The van der Waals surface area contributed by atoms with E-state index in [1.165, 1.54) is 6.07 Å². The lowest BCUT2D eigenvalue weighted by molar-refractivity contribution is 0.0950. The van der Waals surface area contributed by atoms with Gasteiger partial charge in [-0.1, -0.05) is 6.07 Å². The third-order valence-electron chi connectivity index (χ3n) is 2.55. The number of rotatable bonds is 3. The number of carbonyl (C=O) groups excluding carboxylic acids is 1. The molecule has 2 rings (SSSR count). The quantitative estimate of drug-likeness (QED) is 0.838. The normalized spacial score (nSPS) is 10.2. The van der Waals surface area contributed by atoms with Crippen LogP contribution in [-0.2, 0) is 6.54 Å². The fourth-order valence-electron chi connectivity index (χ4n) is 1.49. The van der Waals surface area contributed by atoms with E-state index in [2.05, 4.69) is 10.3 Å². The van der Waals surface area contributed by atoms with E-state index in [0.29, 0.717) is 17.7 Å². The standard InChI is InChI=1S/C13H13FN2O/c1-9-2-3-11(6-12(9)14)13(17)16-8-10-4-5-15-7-10/h2-7,15H,8H2,1H3,(H,16,17). The lowest BCUT2D eigenvalue weighted by atomic mass is 10.1. The van der Waals surface area contributed by atoms with Gasteiger partial charge in [0.05, 0.1) is 0 Å². The molecule has 0 saturated carbocycles. The van der Waals surface area contributed by atoms with Gasteiger partial charge in [-0.05, 0) is 36.2 Å². The third-order valence-corrected chi connectivity index (χ3v) is 2.55. The van der Waals surface area contributed by atoms with Gasteiger partial charge in [-0.25, -0.2) is 4.39 Å². The molecule has 17 heavy (non-hydrogen) atoms. The van der Waals surface area contributed by atoms with E-state index in [1.807, 2.05) is 6.07 Å². The molecule has 0 spiro atoms. The van der Waals surface area contributed by atoms with Gasteiger partial charge in [-0.2, -0.15) is 0 Å². The van der Waals surface area contributed by atoms with Gasteiger partial charge in [-0.3, -0.25) is 4.79 Å². The van der Waals surface area contributed by atoms with Crippen LogP contribution in [0, 0.1) is 12.7 Å². The molecule has 1 amide bonds. The van der Waals surface area contributed by atoms with Gasteiger partial charge in [-0.15, -0.1) is 0 Å². The molecule has 0 aliphatic rings. The molecule has 2 N–H and O–H groups in total. The summed E-state index contributed by atoms with van der Waals surface area (Å²) >= 11 is 0. The molecule has 0 aliphatic carbocycles. The van der Waals surface area contributed by atoms with Gasteiger partial charge in [0.15, 0.2) is 0 Å². The molecule has 0 unspecified atom stereocenters. The maximum atomic E-state index is 13.3. The number of nitrogens with one attached hydrogen (secondary N) is 2. The average Bonchev–Trinajstić information content (AvgIpc) is 2.82. The van der Waals surface area contributed by atoms with Crippen molar-refractivity contribution >= 4 is 5.91 Å². The Hall–Kier alpha value is -2.10. The Morgan fingerprint density at radius 2 is 2.24 bits per heavy atom. The third kappa shape index (κ3) is 2.72. The fraction of sp³-hybridized carbons (Fsp3) is 0.154. The minimum atomic E-state index is -0.362. The molecule has 0 fully saturated rings. The molecule has 0 atom stereocenters. The van der Waals surface area contributed by atoms with Gasteiger partial charge >= 0.3 is 0 Å². The number of aromatic nitrogens is 1. The van der Waals surface area contributed by atoms with Gasteiger partial charge in [0.2, 0.25) is 0 Å².